The van der Waals surface area contributed by atoms with E-state index < -0.39 is 12.5 Å². The van der Waals surface area contributed by atoms with Crippen molar-refractivity contribution in [2.24, 2.45) is 0 Å². The lowest BCUT2D eigenvalue weighted by Gasteiger charge is -2.33. The number of hydrogen-bond acceptors (Lipinski definition) is 5. The molecule has 0 aliphatic carbocycles. The summed E-state index contributed by atoms with van der Waals surface area (Å²) in [6.45, 7) is 3.27. The van der Waals surface area contributed by atoms with E-state index in [1.807, 2.05) is 6.07 Å². The van der Waals surface area contributed by atoms with Gasteiger partial charge < -0.3 is 14.5 Å². The largest absolute Gasteiger partial charge is 0.450 e. The Labute approximate surface area is 177 Å². The van der Waals surface area contributed by atoms with Crippen molar-refractivity contribution >= 4 is 17.6 Å². The minimum Gasteiger partial charge on any atom is -0.450 e. The van der Waals surface area contributed by atoms with Gasteiger partial charge in [0.1, 0.15) is 11.3 Å². The van der Waals surface area contributed by atoms with E-state index in [-0.39, 0.29) is 29.4 Å². The van der Waals surface area contributed by atoms with Crippen molar-refractivity contribution in [1.29, 1.82) is 0 Å². The van der Waals surface area contributed by atoms with Gasteiger partial charge in [0.2, 0.25) is 0 Å². The molecule has 0 atom stereocenters. The highest BCUT2D eigenvalue weighted by molar-refractivity contribution is 6.00. The zero-order valence-corrected chi connectivity index (χ0v) is 16.9. The van der Waals surface area contributed by atoms with E-state index in [1.54, 1.807) is 36.1 Å². The van der Waals surface area contributed by atoms with Crippen LogP contribution >= 0.6 is 0 Å². The zero-order chi connectivity index (χ0) is 22.0. The number of hydrogen-bond donors (Lipinski definition) is 0. The Bertz CT molecular complexity index is 1100. The van der Waals surface area contributed by atoms with Crippen molar-refractivity contribution in [3.05, 3.63) is 53.9 Å². The average Bonchev–Trinajstić information content (AvgIpc) is 3.22. The summed E-state index contributed by atoms with van der Waals surface area (Å²) in [5.41, 5.74) is 0.883. The lowest BCUT2D eigenvalue weighted by Crippen LogP contribution is -2.50. The number of carbonyl (C=O) groups excluding carboxylic acids is 2. The summed E-state index contributed by atoms with van der Waals surface area (Å²) in [6.07, 6.45) is -1.94. The average molecular weight is 429 g/mol. The molecule has 1 aromatic carbocycles. The summed E-state index contributed by atoms with van der Waals surface area (Å²) < 4.78 is 33.4. The van der Waals surface area contributed by atoms with E-state index in [0.29, 0.717) is 37.4 Å². The molecule has 0 saturated carbocycles. The number of alkyl halides is 2. The van der Waals surface area contributed by atoms with Gasteiger partial charge in [-0.15, -0.1) is 0 Å². The van der Waals surface area contributed by atoms with Crippen LogP contribution in [0.25, 0.3) is 16.9 Å². The van der Waals surface area contributed by atoms with Crippen LogP contribution in [-0.2, 0) is 4.74 Å². The smallest absolute Gasteiger partial charge is 0.409 e. The number of benzene rings is 1. The molecular weight excluding hydrogens is 408 g/mol. The second-order valence-electron chi connectivity index (χ2n) is 7.00. The predicted molar refractivity (Wildman–Crippen MR) is 108 cm³/mol. The van der Waals surface area contributed by atoms with Crippen molar-refractivity contribution in [1.82, 2.24) is 24.4 Å². The van der Waals surface area contributed by atoms with Gasteiger partial charge in [0.25, 0.3) is 12.3 Å². The molecule has 3 aromatic rings. The van der Waals surface area contributed by atoms with E-state index >= 15 is 0 Å². The lowest BCUT2D eigenvalue weighted by molar-refractivity contribution is 0.0571. The van der Waals surface area contributed by atoms with Crippen LogP contribution in [0, 0.1) is 0 Å². The molecule has 4 rings (SSSR count). The van der Waals surface area contributed by atoms with Crippen molar-refractivity contribution < 1.29 is 23.1 Å². The number of fused-ring (bicyclic) bond motifs is 1. The van der Waals surface area contributed by atoms with E-state index in [1.165, 1.54) is 17.2 Å². The van der Waals surface area contributed by atoms with Gasteiger partial charge in [-0.25, -0.2) is 23.1 Å². The second-order valence-corrected chi connectivity index (χ2v) is 7.00. The maximum absolute atomic E-state index is 13.7. The molecule has 1 aliphatic rings. The van der Waals surface area contributed by atoms with Gasteiger partial charge in [-0.1, -0.05) is 30.3 Å². The zero-order valence-electron chi connectivity index (χ0n) is 16.9. The Morgan fingerprint density at radius 2 is 1.77 bits per heavy atom. The summed E-state index contributed by atoms with van der Waals surface area (Å²) in [6, 6.07) is 10.2. The van der Waals surface area contributed by atoms with Gasteiger partial charge >= 0.3 is 6.09 Å². The maximum Gasteiger partial charge on any atom is 0.409 e. The summed E-state index contributed by atoms with van der Waals surface area (Å²) in [7, 11) is 0. The quantitative estimate of drug-likeness (QED) is 0.636. The number of nitrogens with zero attached hydrogens (tertiary/aromatic N) is 5. The Hall–Kier alpha value is -3.56. The number of piperazine rings is 1. The molecule has 1 aliphatic heterocycles. The van der Waals surface area contributed by atoms with Gasteiger partial charge in [-0.05, 0) is 13.0 Å². The molecule has 1 saturated heterocycles. The van der Waals surface area contributed by atoms with Crippen LogP contribution in [-0.4, -0.2) is 69.2 Å². The standard InChI is InChI=1S/C21H21F2N5O3/c1-2-31-21(30)27-10-8-26(9-11-27)20(29)15-13-24-28-17(18(22)23)12-16(25-19(15)28)14-6-4-3-5-7-14/h3-7,12-13,18H,2,8-11H2,1H3. The van der Waals surface area contributed by atoms with E-state index in [9.17, 15) is 18.4 Å². The molecule has 10 heteroatoms. The first-order valence-electron chi connectivity index (χ1n) is 9.92. The van der Waals surface area contributed by atoms with Gasteiger partial charge in [0.15, 0.2) is 5.65 Å². The normalized spacial score (nSPS) is 14.3. The van der Waals surface area contributed by atoms with Gasteiger partial charge in [0.05, 0.1) is 18.5 Å². The Kier molecular flexibility index (Phi) is 5.79. The highest BCUT2D eigenvalue weighted by Crippen LogP contribution is 2.27. The third-order valence-electron chi connectivity index (χ3n) is 5.12. The van der Waals surface area contributed by atoms with Crippen LogP contribution in [0.5, 0.6) is 0 Å². The van der Waals surface area contributed by atoms with Crippen LogP contribution in [0.4, 0.5) is 13.6 Å². The summed E-state index contributed by atoms with van der Waals surface area (Å²) in [5, 5.41) is 4.00. The van der Waals surface area contributed by atoms with Crippen LogP contribution < -0.4 is 0 Å². The molecule has 3 heterocycles. The fraction of sp³-hybridized carbons (Fsp3) is 0.333. The molecule has 0 bridgehead atoms. The van der Waals surface area contributed by atoms with Crippen molar-refractivity contribution in [3.63, 3.8) is 0 Å². The van der Waals surface area contributed by atoms with Gasteiger partial charge in [-0.3, -0.25) is 4.79 Å². The fourth-order valence-electron chi connectivity index (χ4n) is 3.53. The van der Waals surface area contributed by atoms with Crippen molar-refractivity contribution in [2.75, 3.05) is 32.8 Å². The number of rotatable bonds is 4. The molecule has 162 valence electrons. The topological polar surface area (TPSA) is 80.0 Å². The summed E-state index contributed by atoms with van der Waals surface area (Å²) >= 11 is 0. The third kappa shape index (κ3) is 4.05. The molecule has 0 radical (unpaired) electrons. The Morgan fingerprint density at radius 1 is 1.10 bits per heavy atom. The monoisotopic (exact) mass is 429 g/mol. The second kappa shape index (κ2) is 8.66. The first kappa shape index (κ1) is 20.7. The first-order valence-corrected chi connectivity index (χ1v) is 9.92. The SMILES string of the molecule is CCOC(=O)N1CCN(C(=O)c2cnn3c(C(F)F)cc(-c4ccccc4)nc23)CC1. The minimum absolute atomic E-state index is 0.0782. The lowest BCUT2D eigenvalue weighted by atomic mass is 10.1. The highest BCUT2D eigenvalue weighted by atomic mass is 19.3. The Morgan fingerprint density at radius 3 is 2.42 bits per heavy atom. The maximum atomic E-state index is 13.7. The third-order valence-corrected chi connectivity index (χ3v) is 5.12. The van der Waals surface area contributed by atoms with Crippen LogP contribution in [0.1, 0.15) is 29.4 Å². The Balaban J connectivity index is 1.65. The molecular formula is C21H21F2N5O3. The molecule has 0 unspecified atom stereocenters. The van der Waals surface area contributed by atoms with Crippen LogP contribution in [0.3, 0.4) is 0 Å². The van der Waals surface area contributed by atoms with Crippen molar-refractivity contribution in [2.45, 2.75) is 13.3 Å². The fourth-order valence-corrected chi connectivity index (χ4v) is 3.53. The number of halogens is 2. The van der Waals surface area contributed by atoms with Crippen molar-refractivity contribution in [3.8, 4) is 11.3 Å². The predicted octanol–water partition coefficient (Wildman–Crippen LogP) is 3.25. The van der Waals surface area contributed by atoms with E-state index in [2.05, 4.69) is 10.1 Å². The van der Waals surface area contributed by atoms with Crippen LogP contribution in [0.15, 0.2) is 42.6 Å². The van der Waals surface area contributed by atoms with Crippen LogP contribution in [0.2, 0.25) is 0 Å². The molecule has 2 aromatic heterocycles. The number of amides is 2. The highest BCUT2D eigenvalue weighted by Gasteiger charge is 2.28. The summed E-state index contributed by atoms with van der Waals surface area (Å²) in [5.74, 6) is -0.364. The molecule has 31 heavy (non-hydrogen) atoms. The van der Waals surface area contributed by atoms with E-state index in [4.69, 9.17) is 4.74 Å². The molecule has 1 fully saturated rings. The van der Waals surface area contributed by atoms with Gasteiger partial charge in [-0.2, -0.15) is 5.10 Å². The number of ether oxygens (including phenoxy) is 1. The first-order chi connectivity index (χ1) is 15.0. The van der Waals surface area contributed by atoms with E-state index in [0.717, 1.165) is 4.52 Å². The molecule has 2 amide bonds. The number of aromatic nitrogens is 3. The molecule has 8 nitrogen and oxygen atoms in total. The minimum atomic E-state index is -2.79. The molecule has 0 spiro atoms. The molecule has 0 N–H and O–H groups in total. The van der Waals surface area contributed by atoms with Gasteiger partial charge in [0, 0.05) is 31.7 Å². The summed E-state index contributed by atoms with van der Waals surface area (Å²) in [4.78, 5) is 32.5. The number of carbonyl (C=O) groups is 2.